The Morgan fingerprint density at radius 1 is 1.41 bits per heavy atom. The van der Waals surface area contributed by atoms with Gasteiger partial charge in [-0.25, -0.2) is 0 Å². The third-order valence-corrected chi connectivity index (χ3v) is 5.20. The molecule has 1 fully saturated rings. The molecule has 2 atom stereocenters. The van der Waals surface area contributed by atoms with Gasteiger partial charge >= 0.3 is 0 Å². The maximum Gasteiger partial charge on any atom is 0.227 e. The molecule has 2 unspecified atom stereocenters. The molecule has 2 aliphatic heterocycles. The van der Waals surface area contributed by atoms with Crippen molar-refractivity contribution in [2.45, 2.75) is 51.7 Å². The summed E-state index contributed by atoms with van der Waals surface area (Å²) in [5.41, 5.74) is 2.33. The zero-order valence-electron chi connectivity index (χ0n) is 17.7. The maximum absolute atomic E-state index is 12.6. The van der Waals surface area contributed by atoms with E-state index in [-0.39, 0.29) is 18.1 Å². The first-order chi connectivity index (χ1) is 14.2. The van der Waals surface area contributed by atoms with Crippen LogP contribution in [0.1, 0.15) is 38.7 Å². The van der Waals surface area contributed by atoms with Crippen molar-refractivity contribution in [3.05, 3.63) is 29.8 Å². The van der Waals surface area contributed by atoms with Crippen LogP contribution in [0.15, 0.2) is 29.3 Å². The molecule has 1 aromatic carbocycles. The first kappa shape index (κ1) is 21.6. The predicted molar refractivity (Wildman–Crippen MR) is 115 cm³/mol. The largest absolute Gasteiger partial charge is 0.379 e. The van der Waals surface area contributed by atoms with Gasteiger partial charge in [0, 0.05) is 44.4 Å². The third-order valence-electron chi connectivity index (χ3n) is 5.20. The number of nitrogens with one attached hydrogen (secondary N) is 2. The monoisotopic (exact) mass is 402 g/mol. The van der Waals surface area contributed by atoms with Gasteiger partial charge in [-0.05, 0) is 44.7 Å². The zero-order chi connectivity index (χ0) is 20.5. The van der Waals surface area contributed by atoms with Gasteiger partial charge in [-0.15, -0.1) is 0 Å². The summed E-state index contributed by atoms with van der Waals surface area (Å²) in [5.74, 6) is 0.953. The number of nitrogens with zero attached hydrogens (tertiary/aromatic N) is 2. The molecule has 160 valence electrons. The van der Waals surface area contributed by atoms with Crippen molar-refractivity contribution >= 4 is 17.6 Å². The predicted octanol–water partition coefficient (Wildman–Crippen LogP) is 2.10. The lowest BCUT2D eigenvalue weighted by Gasteiger charge is -2.20. The van der Waals surface area contributed by atoms with E-state index < -0.39 is 0 Å². The Labute approximate surface area is 173 Å². The van der Waals surface area contributed by atoms with E-state index in [1.165, 1.54) is 5.56 Å². The highest BCUT2D eigenvalue weighted by Crippen LogP contribution is 2.28. The molecule has 0 aromatic heterocycles. The molecule has 29 heavy (non-hydrogen) atoms. The van der Waals surface area contributed by atoms with Crippen LogP contribution in [0.3, 0.4) is 0 Å². The summed E-state index contributed by atoms with van der Waals surface area (Å²) < 4.78 is 11.2. The van der Waals surface area contributed by atoms with Crippen molar-refractivity contribution in [3.8, 4) is 0 Å². The molecule has 0 radical (unpaired) electrons. The lowest BCUT2D eigenvalue weighted by Crippen LogP contribution is -2.44. The van der Waals surface area contributed by atoms with E-state index >= 15 is 0 Å². The molecule has 0 spiro atoms. The van der Waals surface area contributed by atoms with Crippen LogP contribution < -0.4 is 15.5 Å². The first-order valence-electron chi connectivity index (χ1n) is 10.8. The fourth-order valence-electron chi connectivity index (χ4n) is 3.67. The van der Waals surface area contributed by atoms with Crippen LogP contribution >= 0.6 is 0 Å². The molecule has 7 heteroatoms. The topological polar surface area (TPSA) is 75.2 Å². The second-order valence-electron chi connectivity index (χ2n) is 7.65. The fraction of sp³-hybridized carbons (Fsp3) is 0.636. The van der Waals surface area contributed by atoms with Crippen molar-refractivity contribution in [1.29, 1.82) is 0 Å². The van der Waals surface area contributed by atoms with E-state index in [4.69, 9.17) is 9.47 Å². The van der Waals surface area contributed by atoms with Crippen molar-refractivity contribution < 1.29 is 14.3 Å². The van der Waals surface area contributed by atoms with Crippen LogP contribution in [0, 0.1) is 0 Å². The minimum absolute atomic E-state index is 0.149. The van der Waals surface area contributed by atoms with Gasteiger partial charge in [0.15, 0.2) is 5.96 Å². The molecule has 7 nitrogen and oxygen atoms in total. The number of carbonyl (C=O) groups excluding carboxylic acids is 1. The van der Waals surface area contributed by atoms with Gasteiger partial charge in [-0.1, -0.05) is 18.2 Å². The average Bonchev–Trinajstić information content (AvgIpc) is 3.39. The smallest absolute Gasteiger partial charge is 0.227 e. The van der Waals surface area contributed by atoms with Crippen LogP contribution in [-0.4, -0.2) is 63.5 Å². The number of guanidine groups is 1. The molecule has 0 bridgehead atoms. The number of hydrogen-bond acceptors (Lipinski definition) is 4. The van der Waals surface area contributed by atoms with Gasteiger partial charge in [0.2, 0.25) is 5.91 Å². The Hall–Kier alpha value is -2.12. The number of carbonyl (C=O) groups is 1. The quantitative estimate of drug-likeness (QED) is 0.376. The van der Waals surface area contributed by atoms with E-state index in [1.807, 2.05) is 30.0 Å². The highest BCUT2D eigenvalue weighted by Gasteiger charge is 2.23. The Morgan fingerprint density at radius 2 is 2.28 bits per heavy atom. The minimum atomic E-state index is 0.149. The van der Waals surface area contributed by atoms with Crippen molar-refractivity contribution in [1.82, 2.24) is 10.6 Å². The van der Waals surface area contributed by atoms with Crippen LogP contribution in [0.2, 0.25) is 0 Å². The summed E-state index contributed by atoms with van der Waals surface area (Å²) in [6.45, 7) is 8.41. The number of rotatable bonds is 9. The summed E-state index contributed by atoms with van der Waals surface area (Å²) >= 11 is 0. The molecule has 2 aliphatic rings. The molecule has 1 saturated heterocycles. The second kappa shape index (κ2) is 11.2. The standard InChI is InChI=1S/C22H34N4O3/c1-3-23-22(25-17(2)15-29-19-11-14-28-16-19)24-12-6-9-21(27)26-13-10-18-7-4-5-8-20(18)26/h4-5,7-8,17,19H,3,6,9-16H2,1-2H3,(H2,23,24,25). The number of hydrogen-bond donors (Lipinski definition) is 2. The highest BCUT2D eigenvalue weighted by molar-refractivity contribution is 5.95. The van der Waals surface area contributed by atoms with Crippen molar-refractivity contribution in [2.75, 3.05) is 44.4 Å². The summed E-state index contributed by atoms with van der Waals surface area (Å²) in [6, 6.07) is 8.31. The highest BCUT2D eigenvalue weighted by atomic mass is 16.5. The number of fused-ring (bicyclic) bond motifs is 1. The summed E-state index contributed by atoms with van der Waals surface area (Å²) in [6.07, 6.45) is 3.37. The molecule has 0 saturated carbocycles. The Bertz CT molecular complexity index is 688. The Balaban J connectivity index is 1.40. The van der Waals surface area contributed by atoms with E-state index in [0.29, 0.717) is 26.2 Å². The van der Waals surface area contributed by atoms with Gasteiger partial charge in [0.1, 0.15) is 0 Å². The van der Waals surface area contributed by atoms with Gasteiger partial charge in [-0.3, -0.25) is 9.79 Å². The third kappa shape index (κ3) is 6.44. The summed E-state index contributed by atoms with van der Waals surface area (Å²) in [5, 5.41) is 6.64. The van der Waals surface area contributed by atoms with E-state index in [2.05, 4.69) is 28.6 Å². The van der Waals surface area contributed by atoms with Crippen LogP contribution in [-0.2, 0) is 20.7 Å². The Morgan fingerprint density at radius 3 is 3.07 bits per heavy atom. The molecule has 2 heterocycles. The zero-order valence-corrected chi connectivity index (χ0v) is 17.7. The number of para-hydroxylation sites is 1. The number of benzene rings is 1. The number of amides is 1. The lowest BCUT2D eigenvalue weighted by molar-refractivity contribution is -0.118. The van der Waals surface area contributed by atoms with Gasteiger partial charge in [-0.2, -0.15) is 0 Å². The van der Waals surface area contributed by atoms with Gasteiger partial charge < -0.3 is 25.0 Å². The molecule has 0 aliphatic carbocycles. The lowest BCUT2D eigenvalue weighted by atomic mass is 10.2. The summed E-state index contributed by atoms with van der Waals surface area (Å²) in [4.78, 5) is 19.1. The molecule has 2 N–H and O–H groups in total. The molecule has 1 amide bonds. The van der Waals surface area contributed by atoms with Crippen LogP contribution in [0.4, 0.5) is 5.69 Å². The summed E-state index contributed by atoms with van der Waals surface area (Å²) in [7, 11) is 0. The van der Waals surface area contributed by atoms with Gasteiger partial charge in [0.25, 0.3) is 0 Å². The first-order valence-corrected chi connectivity index (χ1v) is 10.8. The SMILES string of the molecule is CCNC(=NCCCC(=O)N1CCc2ccccc21)NC(C)COC1CCOC1. The number of ether oxygens (including phenoxy) is 2. The molecular weight excluding hydrogens is 368 g/mol. The van der Waals surface area contributed by atoms with Crippen LogP contribution in [0.25, 0.3) is 0 Å². The van der Waals surface area contributed by atoms with Crippen molar-refractivity contribution in [3.63, 3.8) is 0 Å². The number of anilines is 1. The molecule has 3 rings (SSSR count). The molecular formula is C22H34N4O3. The minimum Gasteiger partial charge on any atom is -0.379 e. The molecule has 1 aromatic rings. The second-order valence-corrected chi connectivity index (χ2v) is 7.65. The average molecular weight is 403 g/mol. The van der Waals surface area contributed by atoms with E-state index in [0.717, 1.165) is 50.6 Å². The number of aliphatic imine (C=N–C) groups is 1. The van der Waals surface area contributed by atoms with E-state index in [9.17, 15) is 4.79 Å². The van der Waals surface area contributed by atoms with Crippen LogP contribution in [0.5, 0.6) is 0 Å². The maximum atomic E-state index is 12.6. The van der Waals surface area contributed by atoms with Crippen molar-refractivity contribution in [2.24, 2.45) is 4.99 Å². The Kier molecular flexibility index (Phi) is 8.31. The van der Waals surface area contributed by atoms with Gasteiger partial charge in [0.05, 0.1) is 19.3 Å². The fourth-order valence-corrected chi connectivity index (χ4v) is 3.67. The van der Waals surface area contributed by atoms with E-state index in [1.54, 1.807) is 0 Å². The normalized spacial score (nSPS) is 19.9.